The first-order valence-electron chi connectivity index (χ1n) is 8.44. The Balaban J connectivity index is 1.54. The largest absolute Gasteiger partial charge is 0.376 e. The van der Waals surface area contributed by atoms with Crippen LogP contribution in [-0.4, -0.2) is 32.5 Å². The van der Waals surface area contributed by atoms with Gasteiger partial charge in [0.2, 0.25) is 0 Å². The first-order chi connectivity index (χ1) is 11.3. The number of aromatic amines is 1. The van der Waals surface area contributed by atoms with Gasteiger partial charge in [0.25, 0.3) is 0 Å². The number of nitrogens with one attached hydrogen (secondary N) is 1. The Labute approximate surface area is 134 Å². The average Bonchev–Trinajstić information content (AvgIpc) is 3.14. The lowest BCUT2D eigenvalue weighted by molar-refractivity contribution is 0.0755. The summed E-state index contributed by atoms with van der Waals surface area (Å²) < 4.78 is 7.71. The highest BCUT2D eigenvalue weighted by Crippen LogP contribution is 2.45. The number of H-pyrrole nitrogens is 1. The lowest BCUT2D eigenvalue weighted by Gasteiger charge is -2.31. The second kappa shape index (κ2) is 5.92. The topological polar surface area (TPSA) is 72.8 Å². The molecule has 6 heteroatoms. The zero-order valence-corrected chi connectivity index (χ0v) is 13.2. The molecule has 2 aliphatic rings. The van der Waals surface area contributed by atoms with Crippen LogP contribution in [0.1, 0.15) is 38.5 Å². The summed E-state index contributed by atoms with van der Waals surface area (Å²) in [5.41, 5.74) is 0.858. The molecule has 6 nitrogen and oxygen atoms in total. The van der Waals surface area contributed by atoms with E-state index in [1.165, 1.54) is 32.1 Å². The summed E-state index contributed by atoms with van der Waals surface area (Å²) in [5, 5.41) is 6.68. The summed E-state index contributed by atoms with van der Waals surface area (Å²) in [6.45, 7) is 1.38. The molecule has 122 valence electrons. The quantitative estimate of drug-likeness (QED) is 0.944. The molecular formula is C17H22N4O2. The molecular weight excluding hydrogens is 292 g/mol. The molecule has 1 N–H and O–H groups in total. The van der Waals surface area contributed by atoms with Crippen molar-refractivity contribution in [1.29, 1.82) is 0 Å². The fraction of sp³-hybridized carbons (Fsp3) is 0.588. The van der Waals surface area contributed by atoms with E-state index in [1.807, 2.05) is 18.2 Å². The smallest absolute Gasteiger partial charge is 0.343 e. The Kier molecular flexibility index (Phi) is 3.77. The van der Waals surface area contributed by atoms with Gasteiger partial charge >= 0.3 is 5.69 Å². The molecule has 2 fully saturated rings. The van der Waals surface area contributed by atoms with Crippen molar-refractivity contribution in [3.63, 3.8) is 0 Å². The van der Waals surface area contributed by atoms with Crippen molar-refractivity contribution in [2.45, 2.75) is 51.2 Å². The first-order valence-corrected chi connectivity index (χ1v) is 8.44. The van der Waals surface area contributed by atoms with E-state index in [0.717, 1.165) is 13.0 Å². The predicted octanol–water partition coefficient (Wildman–Crippen LogP) is 2.37. The van der Waals surface area contributed by atoms with E-state index in [2.05, 4.69) is 15.2 Å². The second-order valence-corrected chi connectivity index (χ2v) is 6.88. The van der Waals surface area contributed by atoms with Crippen LogP contribution in [0.5, 0.6) is 0 Å². The fourth-order valence-electron chi connectivity index (χ4n) is 4.04. The van der Waals surface area contributed by atoms with Gasteiger partial charge in [0, 0.05) is 6.20 Å². The maximum atomic E-state index is 12.1. The van der Waals surface area contributed by atoms with Crippen LogP contribution in [0.25, 0.3) is 11.5 Å². The molecule has 1 saturated carbocycles. The summed E-state index contributed by atoms with van der Waals surface area (Å²) in [4.78, 5) is 16.4. The Morgan fingerprint density at radius 3 is 2.96 bits per heavy atom. The van der Waals surface area contributed by atoms with Gasteiger partial charge in [-0.2, -0.15) is 5.10 Å². The molecule has 1 unspecified atom stereocenters. The fourth-order valence-corrected chi connectivity index (χ4v) is 4.04. The van der Waals surface area contributed by atoms with Crippen LogP contribution < -0.4 is 5.69 Å². The molecule has 3 heterocycles. The van der Waals surface area contributed by atoms with Crippen molar-refractivity contribution >= 4 is 0 Å². The Morgan fingerprint density at radius 2 is 2.17 bits per heavy atom. The molecule has 2 aromatic rings. The van der Waals surface area contributed by atoms with E-state index in [1.54, 1.807) is 10.8 Å². The number of aromatic nitrogens is 4. The van der Waals surface area contributed by atoms with Gasteiger partial charge < -0.3 is 4.74 Å². The van der Waals surface area contributed by atoms with Crippen LogP contribution in [0.3, 0.4) is 0 Å². The zero-order valence-electron chi connectivity index (χ0n) is 13.2. The summed E-state index contributed by atoms with van der Waals surface area (Å²) in [6.07, 6.45) is 9.33. The number of nitrogens with zero attached hydrogens (tertiary/aromatic N) is 3. The van der Waals surface area contributed by atoms with Crippen molar-refractivity contribution < 1.29 is 4.74 Å². The highest BCUT2D eigenvalue weighted by atomic mass is 16.5. The highest BCUT2D eigenvalue weighted by molar-refractivity contribution is 5.48. The first kappa shape index (κ1) is 14.6. The van der Waals surface area contributed by atoms with Crippen molar-refractivity contribution in [1.82, 2.24) is 19.7 Å². The van der Waals surface area contributed by atoms with Gasteiger partial charge in [0.1, 0.15) is 5.69 Å². The molecule has 0 radical (unpaired) electrons. The summed E-state index contributed by atoms with van der Waals surface area (Å²) in [6, 6.07) is 5.62. The SMILES string of the molecule is O=c1[nH]nc(-c2ccccn2)n1CC1CC2(CCCCC2)CO1. The predicted molar refractivity (Wildman–Crippen MR) is 86.0 cm³/mol. The number of rotatable bonds is 3. The van der Waals surface area contributed by atoms with Crippen LogP contribution in [-0.2, 0) is 11.3 Å². The Bertz CT molecular complexity index is 716. The van der Waals surface area contributed by atoms with Crippen LogP contribution in [0.2, 0.25) is 0 Å². The van der Waals surface area contributed by atoms with Crippen molar-refractivity contribution in [3.8, 4) is 11.5 Å². The highest BCUT2D eigenvalue weighted by Gasteiger charge is 2.41. The van der Waals surface area contributed by atoms with E-state index in [9.17, 15) is 4.79 Å². The van der Waals surface area contributed by atoms with Crippen molar-refractivity contribution in [2.75, 3.05) is 6.61 Å². The van der Waals surface area contributed by atoms with E-state index < -0.39 is 0 Å². The second-order valence-electron chi connectivity index (χ2n) is 6.88. The van der Waals surface area contributed by atoms with Gasteiger partial charge in [0.05, 0.1) is 19.3 Å². The van der Waals surface area contributed by atoms with Gasteiger partial charge in [-0.1, -0.05) is 25.3 Å². The molecule has 2 aromatic heterocycles. The third-order valence-corrected chi connectivity index (χ3v) is 5.24. The lowest BCUT2D eigenvalue weighted by atomic mass is 9.73. The van der Waals surface area contributed by atoms with Gasteiger partial charge in [-0.15, -0.1) is 0 Å². The molecule has 4 rings (SSSR count). The molecule has 1 atom stereocenters. The van der Waals surface area contributed by atoms with Gasteiger partial charge in [-0.3, -0.25) is 9.55 Å². The van der Waals surface area contributed by atoms with Crippen LogP contribution >= 0.6 is 0 Å². The minimum Gasteiger partial charge on any atom is -0.376 e. The summed E-state index contributed by atoms with van der Waals surface area (Å²) >= 11 is 0. The van der Waals surface area contributed by atoms with E-state index in [4.69, 9.17) is 4.74 Å². The van der Waals surface area contributed by atoms with Crippen molar-refractivity contribution in [2.24, 2.45) is 5.41 Å². The number of hydrogen-bond acceptors (Lipinski definition) is 4. The molecule has 1 saturated heterocycles. The number of hydrogen-bond donors (Lipinski definition) is 1. The van der Waals surface area contributed by atoms with Crippen LogP contribution in [0.15, 0.2) is 29.2 Å². The molecule has 1 spiro atoms. The maximum absolute atomic E-state index is 12.1. The van der Waals surface area contributed by atoms with E-state index in [0.29, 0.717) is 23.5 Å². The molecule has 1 aliphatic heterocycles. The summed E-state index contributed by atoms with van der Waals surface area (Å²) in [5.74, 6) is 0.587. The average molecular weight is 314 g/mol. The van der Waals surface area contributed by atoms with Crippen LogP contribution in [0, 0.1) is 5.41 Å². The van der Waals surface area contributed by atoms with Gasteiger partial charge in [0.15, 0.2) is 5.82 Å². The lowest BCUT2D eigenvalue weighted by Crippen LogP contribution is -2.27. The number of pyridine rings is 1. The van der Waals surface area contributed by atoms with E-state index >= 15 is 0 Å². The van der Waals surface area contributed by atoms with E-state index in [-0.39, 0.29) is 11.8 Å². The monoisotopic (exact) mass is 314 g/mol. The van der Waals surface area contributed by atoms with Gasteiger partial charge in [-0.05, 0) is 36.8 Å². The third-order valence-electron chi connectivity index (χ3n) is 5.24. The van der Waals surface area contributed by atoms with Crippen molar-refractivity contribution in [3.05, 3.63) is 34.9 Å². The maximum Gasteiger partial charge on any atom is 0.343 e. The minimum absolute atomic E-state index is 0.0888. The Morgan fingerprint density at radius 1 is 1.30 bits per heavy atom. The Hall–Kier alpha value is -1.95. The molecule has 0 bridgehead atoms. The molecule has 1 aliphatic carbocycles. The van der Waals surface area contributed by atoms with Crippen LogP contribution in [0.4, 0.5) is 0 Å². The minimum atomic E-state index is -0.196. The zero-order chi connectivity index (χ0) is 15.7. The number of ether oxygens (including phenoxy) is 1. The summed E-state index contributed by atoms with van der Waals surface area (Å²) in [7, 11) is 0. The molecule has 0 amide bonds. The third kappa shape index (κ3) is 2.83. The normalized spacial score (nSPS) is 23.4. The molecule has 23 heavy (non-hydrogen) atoms. The van der Waals surface area contributed by atoms with Gasteiger partial charge in [-0.25, -0.2) is 9.89 Å². The standard InChI is InChI=1S/C17H22N4O2/c22-16-20-19-15(14-6-2-5-9-18-14)21(16)11-13-10-17(12-23-13)7-3-1-4-8-17/h2,5-6,9,13H,1,3-4,7-8,10-12H2,(H,20,22). The molecule has 0 aromatic carbocycles.